The fourth-order valence-corrected chi connectivity index (χ4v) is 3.75. The molecule has 4 rings (SSSR count). The van der Waals surface area contributed by atoms with Crippen LogP contribution in [0.5, 0.6) is 0 Å². The summed E-state index contributed by atoms with van der Waals surface area (Å²) in [6.45, 7) is 4.50. The van der Waals surface area contributed by atoms with E-state index in [1.165, 1.54) is 0 Å². The van der Waals surface area contributed by atoms with Crippen LogP contribution >= 0.6 is 0 Å². The first-order valence-electron chi connectivity index (χ1n) is 9.34. The minimum Gasteiger partial charge on any atom is -0.338 e. The first-order chi connectivity index (χ1) is 13.2. The number of amides is 1. The molecule has 0 radical (unpaired) electrons. The van der Waals surface area contributed by atoms with Gasteiger partial charge >= 0.3 is 0 Å². The van der Waals surface area contributed by atoms with Gasteiger partial charge in [-0.1, -0.05) is 0 Å². The number of carbonyl (C=O) groups is 1. The number of likely N-dealkylation sites (tertiary alicyclic amines) is 1. The van der Waals surface area contributed by atoms with Crippen LogP contribution in [0, 0.1) is 12.8 Å². The van der Waals surface area contributed by atoms with Gasteiger partial charge in [-0.05, 0) is 49.9 Å². The molecule has 0 aromatic carbocycles. The Morgan fingerprint density at radius 1 is 1.15 bits per heavy atom. The Morgan fingerprint density at radius 2 is 1.96 bits per heavy atom. The molecule has 6 nitrogen and oxygen atoms in total. The number of aryl methyl sites for hydroxylation is 1. The van der Waals surface area contributed by atoms with Crippen LogP contribution in [0.1, 0.15) is 28.9 Å². The molecule has 4 heterocycles. The molecule has 0 N–H and O–H groups in total. The summed E-state index contributed by atoms with van der Waals surface area (Å²) >= 11 is 0. The summed E-state index contributed by atoms with van der Waals surface area (Å²) in [4.78, 5) is 27.6. The second-order valence-electron chi connectivity index (χ2n) is 7.08. The van der Waals surface area contributed by atoms with Gasteiger partial charge in [0.1, 0.15) is 5.82 Å². The van der Waals surface area contributed by atoms with Crippen molar-refractivity contribution in [2.75, 3.05) is 13.1 Å². The topological polar surface area (TPSA) is 63.9 Å². The molecule has 27 heavy (non-hydrogen) atoms. The zero-order valence-electron chi connectivity index (χ0n) is 15.5. The summed E-state index contributed by atoms with van der Waals surface area (Å²) in [5, 5.41) is 0. The van der Waals surface area contributed by atoms with E-state index >= 15 is 0 Å². The minimum absolute atomic E-state index is 0.0719. The zero-order chi connectivity index (χ0) is 18.6. The molecule has 1 unspecified atom stereocenters. The summed E-state index contributed by atoms with van der Waals surface area (Å²) in [6.07, 6.45) is 11.0. The van der Waals surface area contributed by atoms with Gasteiger partial charge in [-0.3, -0.25) is 14.8 Å². The smallest absolute Gasteiger partial charge is 0.255 e. The predicted molar refractivity (Wildman–Crippen MR) is 103 cm³/mol. The normalized spacial score (nSPS) is 17.1. The van der Waals surface area contributed by atoms with E-state index in [1.54, 1.807) is 18.6 Å². The van der Waals surface area contributed by atoms with Crippen molar-refractivity contribution in [1.29, 1.82) is 0 Å². The number of hydrogen-bond acceptors (Lipinski definition) is 4. The lowest BCUT2D eigenvalue weighted by Crippen LogP contribution is -2.41. The number of nitrogens with zero attached hydrogens (tertiary/aromatic N) is 5. The molecule has 3 aromatic heterocycles. The van der Waals surface area contributed by atoms with Crippen LogP contribution in [0.3, 0.4) is 0 Å². The highest BCUT2D eigenvalue weighted by Crippen LogP contribution is 2.24. The average Bonchev–Trinajstić information content (AvgIpc) is 3.09. The molecule has 6 heteroatoms. The highest BCUT2D eigenvalue weighted by Gasteiger charge is 2.26. The van der Waals surface area contributed by atoms with Crippen LogP contribution < -0.4 is 0 Å². The van der Waals surface area contributed by atoms with Crippen molar-refractivity contribution in [3.8, 4) is 11.4 Å². The van der Waals surface area contributed by atoms with E-state index < -0.39 is 0 Å². The van der Waals surface area contributed by atoms with Gasteiger partial charge in [-0.25, -0.2) is 4.98 Å². The molecule has 1 aliphatic heterocycles. The zero-order valence-corrected chi connectivity index (χ0v) is 15.5. The largest absolute Gasteiger partial charge is 0.338 e. The van der Waals surface area contributed by atoms with Gasteiger partial charge in [0.2, 0.25) is 0 Å². The molecule has 1 fully saturated rings. The third-order valence-corrected chi connectivity index (χ3v) is 5.13. The number of aromatic nitrogens is 4. The monoisotopic (exact) mass is 361 g/mol. The maximum Gasteiger partial charge on any atom is 0.255 e. The van der Waals surface area contributed by atoms with Crippen molar-refractivity contribution in [3.05, 3.63) is 66.5 Å². The summed E-state index contributed by atoms with van der Waals surface area (Å²) in [5.74, 6) is 1.42. The number of carbonyl (C=O) groups excluding carboxylic acids is 1. The van der Waals surface area contributed by atoms with Gasteiger partial charge in [-0.15, -0.1) is 0 Å². The molecule has 1 atom stereocenters. The summed E-state index contributed by atoms with van der Waals surface area (Å²) in [7, 11) is 0. The quantitative estimate of drug-likeness (QED) is 0.716. The fraction of sp³-hybridized carbons (Fsp3) is 0.333. The standard InChI is InChI=1S/C21H23N5O/c1-16-11-24-20(18-6-2-8-22-12-18)26(16)15-17-5-4-10-25(14-17)21(27)19-7-3-9-23-13-19/h2-3,6-9,11-13,17H,4-5,10,14-15H2,1H3. The Hall–Kier alpha value is -3.02. The van der Waals surface area contributed by atoms with Crippen molar-refractivity contribution in [2.45, 2.75) is 26.3 Å². The molecular formula is C21H23N5O. The first-order valence-corrected chi connectivity index (χ1v) is 9.34. The van der Waals surface area contributed by atoms with E-state index in [9.17, 15) is 4.79 Å². The van der Waals surface area contributed by atoms with E-state index in [0.29, 0.717) is 11.5 Å². The number of piperidine rings is 1. The van der Waals surface area contributed by atoms with Crippen LogP contribution in [-0.4, -0.2) is 43.4 Å². The Labute approximate surface area is 158 Å². The molecule has 0 aliphatic carbocycles. The third-order valence-electron chi connectivity index (χ3n) is 5.13. The van der Waals surface area contributed by atoms with Crippen LogP contribution in [0.4, 0.5) is 0 Å². The van der Waals surface area contributed by atoms with Crippen molar-refractivity contribution in [1.82, 2.24) is 24.4 Å². The molecule has 1 amide bonds. The van der Waals surface area contributed by atoms with Crippen molar-refractivity contribution in [3.63, 3.8) is 0 Å². The maximum atomic E-state index is 12.8. The Bertz CT molecular complexity index is 907. The van der Waals surface area contributed by atoms with Gasteiger partial charge in [0.25, 0.3) is 5.91 Å². The lowest BCUT2D eigenvalue weighted by atomic mass is 9.97. The van der Waals surface area contributed by atoms with Crippen LogP contribution in [0.15, 0.2) is 55.2 Å². The molecule has 3 aromatic rings. The van der Waals surface area contributed by atoms with Crippen molar-refractivity contribution in [2.24, 2.45) is 5.92 Å². The van der Waals surface area contributed by atoms with E-state index in [4.69, 9.17) is 0 Å². The Morgan fingerprint density at radius 3 is 2.70 bits per heavy atom. The second-order valence-corrected chi connectivity index (χ2v) is 7.08. The molecule has 0 bridgehead atoms. The van der Waals surface area contributed by atoms with E-state index in [2.05, 4.69) is 26.4 Å². The van der Waals surface area contributed by atoms with E-state index in [0.717, 1.165) is 49.6 Å². The average molecular weight is 361 g/mol. The number of hydrogen-bond donors (Lipinski definition) is 0. The van der Waals surface area contributed by atoms with Gasteiger partial charge in [0, 0.05) is 61.9 Å². The summed E-state index contributed by atoms with van der Waals surface area (Å²) < 4.78 is 2.25. The van der Waals surface area contributed by atoms with Gasteiger partial charge < -0.3 is 9.47 Å². The van der Waals surface area contributed by atoms with Crippen LogP contribution in [0.2, 0.25) is 0 Å². The first kappa shape index (κ1) is 17.4. The number of pyridine rings is 2. The van der Waals surface area contributed by atoms with Crippen LogP contribution in [0.25, 0.3) is 11.4 Å². The lowest BCUT2D eigenvalue weighted by Gasteiger charge is -2.33. The highest BCUT2D eigenvalue weighted by atomic mass is 16.2. The molecule has 1 saturated heterocycles. The molecule has 0 spiro atoms. The van der Waals surface area contributed by atoms with E-state index in [-0.39, 0.29) is 5.91 Å². The molecule has 138 valence electrons. The van der Waals surface area contributed by atoms with Gasteiger partial charge in [-0.2, -0.15) is 0 Å². The fourth-order valence-electron chi connectivity index (χ4n) is 3.75. The van der Waals surface area contributed by atoms with Crippen LogP contribution in [-0.2, 0) is 6.54 Å². The van der Waals surface area contributed by atoms with E-state index in [1.807, 2.05) is 41.6 Å². The third kappa shape index (κ3) is 3.74. The number of imidazole rings is 1. The maximum absolute atomic E-state index is 12.8. The lowest BCUT2D eigenvalue weighted by molar-refractivity contribution is 0.0662. The Balaban J connectivity index is 1.51. The SMILES string of the molecule is Cc1cnc(-c2cccnc2)n1CC1CCCN(C(=O)c2cccnc2)C1. The highest BCUT2D eigenvalue weighted by molar-refractivity contribution is 5.93. The molecular weight excluding hydrogens is 338 g/mol. The Kier molecular flexibility index (Phi) is 4.96. The predicted octanol–water partition coefficient (Wildman–Crippen LogP) is 3.20. The van der Waals surface area contributed by atoms with Gasteiger partial charge in [0.15, 0.2) is 0 Å². The van der Waals surface area contributed by atoms with Crippen molar-refractivity contribution < 1.29 is 4.79 Å². The minimum atomic E-state index is 0.0719. The number of rotatable bonds is 4. The van der Waals surface area contributed by atoms with Gasteiger partial charge in [0.05, 0.1) is 5.56 Å². The second kappa shape index (κ2) is 7.70. The van der Waals surface area contributed by atoms with Crippen molar-refractivity contribution >= 4 is 5.91 Å². The summed E-state index contributed by atoms with van der Waals surface area (Å²) in [6, 6.07) is 7.60. The summed E-state index contributed by atoms with van der Waals surface area (Å²) in [5.41, 5.74) is 2.81. The molecule has 1 aliphatic rings. The molecule has 0 saturated carbocycles.